The maximum absolute atomic E-state index is 14.3. The second kappa shape index (κ2) is 6.25. The van der Waals surface area contributed by atoms with Gasteiger partial charge in [0.1, 0.15) is 5.82 Å². The van der Waals surface area contributed by atoms with Gasteiger partial charge >= 0.3 is 0 Å². The van der Waals surface area contributed by atoms with Crippen LogP contribution in [0.25, 0.3) is 4.96 Å². The summed E-state index contributed by atoms with van der Waals surface area (Å²) in [5.74, 6) is -0.204. The minimum atomic E-state index is -0.204. The van der Waals surface area contributed by atoms with Gasteiger partial charge < -0.3 is 5.32 Å². The lowest BCUT2D eigenvalue weighted by atomic mass is 10.0. The van der Waals surface area contributed by atoms with E-state index in [4.69, 9.17) is 0 Å². The van der Waals surface area contributed by atoms with Crippen molar-refractivity contribution < 1.29 is 4.39 Å². The van der Waals surface area contributed by atoms with Gasteiger partial charge in [-0.3, -0.25) is 4.40 Å². The van der Waals surface area contributed by atoms with Gasteiger partial charge in [0.05, 0.1) is 10.2 Å². The van der Waals surface area contributed by atoms with Gasteiger partial charge in [0.2, 0.25) is 0 Å². The van der Waals surface area contributed by atoms with Crippen molar-refractivity contribution in [1.82, 2.24) is 14.7 Å². The Balaban J connectivity index is 1.90. The largest absolute Gasteiger partial charge is 0.310 e. The zero-order valence-electron chi connectivity index (χ0n) is 11.5. The molecule has 21 heavy (non-hydrogen) atoms. The van der Waals surface area contributed by atoms with E-state index in [1.807, 2.05) is 41.2 Å². The molecule has 2 heterocycles. The van der Waals surface area contributed by atoms with Crippen LogP contribution in [0.4, 0.5) is 4.39 Å². The van der Waals surface area contributed by atoms with Crippen LogP contribution < -0.4 is 5.32 Å². The van der Waals surface area contributed by atoms with E-state index in [1.54, 1.807) is 17.4 Å². The van der Waals surface area contributed by atoms with Gasteiger partial charge in [0.25, 0.3) is 0 Å². The van der Waals surface area contributed by atoms with Crippen LogP contribution in [0.2, 0.25) is 0 Å². The first kappa shape index (κ1) is 14.7. The van der Waals surface area contributed by atoms with Gasteiger partial charge in [0, 0.05) is 35.8 Å². The predicted molar refractivity (Wildman–Crippen MR) is 87.3 cm³/mol. The van der Waals surface area contributed by atoms with Crippen molar-refractivity contribution in [1.29, 1.82) is 0 Å². The summed E-state index contributed by atoms with van der Waals surface area (Å²) >= 11 is 4.85. The first-order chi connectivity index (χ1) is 10.2. The highest BCUT2D eigenvalue weighted by Gasteiger charge is 2.18. The number of likely N-dealkylation sites (N-methyl/N-ethyl adjacent to an activating group) is 1. The number of thiazole rings is 1. The maximum Gasteiger partial charge on any atom is 0.193 e. The number of hydrogen-bond acceptors (Lipinski definition) is 3. The topological polar surface area (TPSA) is 29.3 Å². The van der Waals surface area contributed by atoms with Crippen LogP contribution in [0, 0.1) is 5.82 Å². The molecule has 3 nitrogen and oxygen atoms in total. The number of hydrogen-bond donors (Lipinski definition) is 1. The molecule has 110 valence electrons. The van der Waals surface area contributed by atoms with Crippen molar-refractivity contribution in [3.63, 3.8) is 0 Å². The molecule has 2 aromatic heterocycles. The Morgan fingerprint density at radius 3 is 3.10 bits per heavy atom. The Bertz CT molecular complexity index is 724. The number of halogens is 2. The van der Waals surface area contributed by atoms with Gasteiger partial charge in [-0.25, -0.2) is 9.37 Å². The van der Waals surface area contributed by atoms with Crippen LogP contribution >= 0.6 is 27.3 Å². The fraction of sp³-hybridized carbons (Fsp3) is 0.267. The Morgan fingerprint density at radius 1 is 1.48 bits per heavy atom. The van der Waals surface area contributed by atoms with Crippen molar-refractivity contribution in [3.8, 4) is 0 Å². The molecule has 0 aliphatic carbocycles. The third-order valence-electron chi connectivity index (χ3n) is 3.36. The van der Waals surface area contributed by atoms with Crippen molar-refractivity contribution in [3.05, 3.63) is 57.5 Å². The fourth-order valence-corrected chi connectivity index (χ4v) is 3.51. The fourth-order valence-electron chi connectivity index (χ4n) is 2.41. The zero-order chi connectivity index (χ0) is 14.8. The molecule has 0 aliphatic heterocycles. The summed E-state index contributed by atoms with van der Waals surface area (Å²) in [5.41, 5.74) is 1.63. The third-order valence-corrected chi connectivity index (χ3v) is 4.75. The lowest BCUT2D eigenvalue weighted by Crippen LogP contribution is -2.24. The van der Waals surface area contributed by atoms with Gasteiger partial charge in [-0.1, -0.05) is 19.1 Å². The number of imidazole rings is 1. The van der Waals surface area contributed by atoms with Crippen LogP contribution in [0.15, 0.2) is 40.4 Å². The molecule has 0 saturated heterocycles. The average Bonchev–Trinajstić information content (AvgIpc) is 3.02. The lowest BCUT2D eigenvalue weighted by Gasteiger charge is -2.18. The highest BCUT2D eigenvalue weighted by atomic mass is 79.9. The second-order valence-electron chi connectivity index (χ2n) is 4.78. The molecular formula is C15H15BrFN3S. The van der Waals surface area contributed by atoms with Crippen molar-refractivity contribution in [2.24, 2.45) is 0 Å². The number of rotatable bonds is 5. The molecular weight excluding hydrogens is 353 g/mol. The Labute approximate surface area is 135 Å². The summed E-state index contributed by atoms with van der Waals surface area (Å²) in [6.45, 7) is 2.80. The van der Waals surface area contributed by atoms with Crippen LogP contribution in [0.1, 0.15) is 24.2 Å². The number of benzene rings is 1. The number of fused-ring (bicyclic) bond motifs is 1. The first-order valence-electron chi connectivity index (χ1n) is 6.77. The molecule has 1 aromatic carbocycles. The molecule has 3 aromatic rings. The van der Waals surface area contributed by atoms with Crippen LogP contribution in [-0.4, -0.2) is 15.9 Å². The molecule has 1 atom stereocenters. The third kappa shape index (κ3) is 3.02. The van der Waals surface area contributed by atoms with E-state index < -0.39 is 0 Å². The molecule has 0 bridgehead atoms. The van der Waals surface area contributed by atoms with Crippen LogP contribution in [-0.2, 0) is 6.42 Å². The molecule has 1 N–H and O–H groups in total. The van der Waals surface area contributed by atoms with Gasteiger partial charge in [0.15, 0.2) is 4.96 Å². The van der Waals surface area contributed by atoms with Crippen molar-refractivity contribution in [2.45, 2.75) is 19.4 Å². The highest BCUT2D eigenvalue weighted by Crippen LogP contribution is 2.26. The molecule has 0 saturated carbocycles. The summed E-state index contributed by atoms with van der Waals surface area (Å²) in [4.78, 5) is 5.55. The van der Waals surface area contributed by atoms with Gasteiger partial charge in [-0.05, 0) is 28.5 Å². The minimum Gasteiger partial charge on any atom is -0.310 e. The van der Waals surface area contributed by atoms with E-state index in [-0.39, 0.29) is 11.9 Å². The molecule has 0 radical (unpaired) electrons. The van der Waals surface area contributed by atoms with Crippen molar-refractivity contribution >= 4 is 32.2 Å². The zero-order valence-corrected chi connectivity index (χ0v) is 13.9. The van der Waals surface area contributed by atoms with E-state index >= 15 is 0 Å². The maximum atomic E-state index is 14.3. The summed E-state index contributed by atoms with van der Waals surface area (Å²) < 4.78 is 16.8. The molecule has 0 amide bonds. The Hall–Kier alpha value is -1.24. The Morgan fingerprint density at radius 2 is 2.33 bits per heavy atom. The van der Waals surface area contributed by atoms with E-state index in [1.165, 1.54) is 0 Å². The smallest absolute Gasteiger partial charge is 0.193 e. The second-order valence-corrected chi connectivity index (χ2v) is 6.51. The quantitative estimate of drug-likeness (QED) is 0.732. The molecule has 6 heteroatoms. The molecule has 0 spiro atoms. The highest BCUT2D eigenvalue weighted by molar-refractivity contribution is 9.10. The molecule has 3 rings (SSSR count). The van der Waals surface area contributed by atoms with Crippen molar-refractivity contribution in [2.75, 3.05) is 6.54 Å². The summed E-state index contributed by atoms with van der Waals surface area (Å²) in [6.07, 6.45) is 4.65. The molecule has 0 aliphatic rings. The summed E-state index contributed by atoms with van der Waals surface area (Å²) in [7, 11) is 0. The molecule has 1 unspecified atom stereocenters. The van der Waals surface area contributed by atoms with Crippen LogP contribution in [0.3, 0.4) is 0 Å². The number of nitrogens with one attached hydrogen (secondary N) is 1. The Kier molecular flexibility index (Phi) is 4.37. The normalized spacial score (nSPS) is 12.9. The van der Waals surface area contributed by atoms with E-state index in [9.17, 15) is 4.39 Å². The lowest BCUT2D eigenvalue weighted by molar-refractivity contribution is 0.505. The number of nitrogens with zero attached hydrogens (tertiary/aromatic N) is 2. The predicted octanol–water partition coefficient (Wildman–Crippen LogP) is 4.19. The average molecular weight is 368 g/mol. The van der Waals surface area contributed by atoms with Crippen LogP contribution in [0.5, 0.6) is 0 Å². The molecule has 0 fully saturated rings. The number of aromatic nitrogens is 2. The van der Waals surface area contributed by atoms with E-state index in [0.29, 0.717) is 16.5 Å². The van der Waals surface area contributed by atoms with E-state index in [0.717, 1.165) is 17.2 Å². The first-order valence-corrected chi connectivity index (χ1v) is 8.44. The SMILES string of the molecule is CCNC(Cc1cn2ccsc2n1)c1cccc(Br)c1F. The standard InChI is InChI=1S/C15H15BrFN3S/c1-2-18-13(11-4-3-5-12(16)14(11)17)8-10-9-20-6-7-21-15(20)19-10/h3-7,9,13,18H,2,8H2,1H3. The van der Waals surface area contributed by atoms with Gasteiger partial charge in [-0.2, -0.15) is 0 Å². The van der Waals surface area contributed by atoms with E-state index in [2.05, 4.69) is 26.2 Å². The van der Waals surface area contributed by atoms with Gasteiger partial charge in [-0.15, -0.1) is 11.3 Å². The minimum absolute atomic E-state index is 0.0860. The summed E-state index contributed by atoms with van der Waals surface area (Å²) in [5, 5.41) is 5.35. The monoisotopic (exact) mass is 367 g/mol. The summed E-state index contributed by atoms with van der Waals surface area (Å²) in [6, 6.07) is 5.32.